The fourth-order valence-corrected chi connectivity index (χ4v) is 4.13. The van der Waals surface area contributed by atoms with Crippen LogP contribution >= 0.6 is 0 Å². The molecule has 0 saturated carbocycles. The molecule has 3 aromatic rings. The summed E-state index contributed by atoms with van der Waals surface area (Å²) < 4.78 is 48.6. The number of benzene rings is 2. The smallest absolute Gasteiger partial charge is 0.130 e. The van der Waals surface area contributed by atoms with Gasteiger partial charge in [0.15, 0.2) is 0 Å². The molecular formula is C25H26F3N3O. The summed E-state index contributed by atoms with van der Waals surface area (Å²) in [6.07, 6.45) is 7.17. The first-order valence-electron chi connectivity index (χ1n) is 10.8. The van der Waals surface area contributed by atoms with E-state index in [1.807, 2.05) is 0 Å². The molecule has 4 rings (SSSR count). The summed E-state index contributed by atoms with van der Waals surface area (Å²) in [7, 11) is 0. The molecule has 3 N–H and O–H groups in total. The highest BCUT2D eigenvalue weighted by molar-refractivity contribution is 5.82. The lowest BCUT2D eigenvalue weighted by molar-refractivity contribution is 0.0717. The van der Waals surface area contributed by atoms with Crippen molar-refractivity contribution in [3.8, 4) is 0 Å². The lowest BCUT2D eigenvalue weighted by atomic mass is 9.93. The first-order chi connectivity index (χ1) is 15.5. The Morgan fingerprint density at radius 2 is 2.00 bits per heavy atom. The number of pyridine rings is 1. The molecule has 1 aliphatic rings. The number of nitrogens with zero attached hydrogens (tertiary/aromatic N) is 1. The molecule has 0 aliphatic carbocycles. The molecule has 2 atom stereocenters. The lowest BCUT2D eigenvalue weighted by Crippen LogP contribution is -2.36. The van der Waals surface area contributed by atoms with E-state index in [0.717, 1.165) is 37.1 Å². The number of ether oxygens (including phenoxy) is 1. The monoisotopic (exact) mass is 441 g/mol. The van der Waals surface area contributed by atoms with Crippen LogP contribution in [0.15, 0.2) is 48.7 Å². The second kappa shape index (κ2) is 10.3. The van der Waals surface area contributed by atoms with Gasteiger partial charge in [0.05, 0.1) is 12.1 Å². The normalized spacial score (nSPS) is 17.8. The van der Waals surface area contributed by atoms with Crippen molar-refractivity contribution in [3.63, 3.8) is 0 Å². The molecule has 1 aliphatic heterocycles. The van der Waals surface area contributed by atoms with Crippen LogP contribution in [0.3, 0.4) is 0 Å². The second-order valence-electron chi connectivity index (χ2n) is 8.02. The molecule has 2 aromatic carbocycles. The van der Waals surface area contributed by atoms with Crippen molar-refractivity contribution < 1.29 is 17.9 Å². The zero-order chi connectivity index (χ0) is 22.5. The number of nitrogens with two attached hydrogens (primary N) is 1. The van der Waals surface area contributed by atoms with Gasteiger partial charge in [-0.05, 0) is 61.2 Å². The minimum atomic E-state index is -0.820. The molecule has 1 fully saturated rings. The highest BCUT2D eigenvalue weighted by Crippen LogP contribution is 2.29. The van der Waals surface area contributed by atoms with Crippen molar-refractivity contribution in [2.24, 2.45) is 5.73 Å². The van der Waals surface area contributed by atoms with Gasteiger partial charge in [0, 0.05) is 47.9 Å². The largest absolute Gasteiger partial charge is 0.380 e. The van der Waals surface area contributed by atoms with Crippen LogP contribution < -0.4 is 11.1 Å². The van der Waals surface area contributed by atoms with Gasteiger partial charge in [0.1, 0.15) is 17.5 Å². The van der Waals surface area contributed by atoms with E-state index < -0.39 is 23.5 Å². The highest BCUT2D eigenvalue weighted by Gasteiger charge is 2.20. The van der Waals surface area contributed by atoms with Gasteiger partial charge >= 0.3 is 0 Å². The van der Waals surface area contributed by atoms with Crippen molar-refractivity contribution in [1.82, 2.24) is 10.3 Å². The Bertz CT molecular complexity index is 1110. The molecule has 0 radical (unpaired) electrons. The Kier molecular flexibility index (Phi) is 7.19. The van der Waals surface area contributed by atoms with Crippen LogP contribution in [0.4, 0.5) is 13.2 Å². The topological polar surface area (TPSA) is 60.2 Å². The standard InChI is InChI=1S/C25H26F3N3O/c26-17-5-8-24-20(14-17)16(9-11-31-24)13-23(29)25-19(21(27)6-7-22(25)28)4-1-10-30-18-3-2-12-32-15-18/h1,4-9,11,14,18,23,30H,2-3,10,12-13,15,29H2/b4-1+/t18-,23+/m1/s1. The third-order valence-electron chi connectivity index (χ3n) is 5.75. The van der Waals surface area contributed by atoms with Crippen LogP contribution in [0.5, 0.6) is 0 Å². The quantitative estimate of drug-likeness (QED) is 0.559. The first kappa shape index (κ1) is 22.5. The molecular weight excluding hydrogens is 415 g/mol. The fourth-order valence-electron chi connectivity index (χ4n) is 4.13. The highest BCUT2D eigenvalue weighted by atomic mass is 19.1. The summed E-state index contributed by atoms with van der Waals surface area (Å²) in [6, 6.07) is 7.65. The van der Waals surface area contributed by atoms with Gasteiger partial charge in [-0.3, -0.25) is 4.98 Å². The van der Waals surface area contributed by atoms with Crippen molar-refractivity contribution >= 4 is 17.0 Å². The molecule has 0 amide bonds. The van der Waals surface area contributed by atoms with Crippen LogP contribution in [0, 0.1) is 17.5 Å². The van der Waals surface area contributed by atoms with Gasteiger partial charge < -0.3 is 15.8 Å². The van der Waals surface area contributed by atoms with Gasteiger partial charge in [-0.2, -0.15) is 0 Å². The van der Waals surface area contributed by atoms with E-state index in [1.54, 1.807) is 30.5 Å². The Labute approximate surface area is 185 Å². The van der Waals surface area contributed by atoms with Crippen LogP contribution in [0.1, 0.15) is 35.6 Å². The molecule has 32 heavy (non-hydrogen) atoms. The molecule has 168 valence electrons. The van der Waals surface area contributed by atoms with E-state index in [4.69, 9.17) is 10.5 Å². The summed E-state index contributed by atoms with van der Waals surface area (Å²) >= 11 is 0. The number of hydrogen-bond acceptors (Lipinski definition) is 4. The molecule has 0 unspecified atom stereocenters. The van der Waals surface area contributed by atoms with Crippen molar-refractivity contribution in [3.05, 3.63) is 82.8 Å². The Morgan fingerprint density at radius 1 is 1.16 bits per heavy atom. The number of fused-ring (bicyclic) bond motifs is 1. The maximum atomic E-state index is 14.8. The summed E-state index contributed by atoms with van der Waals surface area (Å²) in [6.45, 7) is 1.94. The van der Waals surface area contributed by atoms with Crippen molar-refractivity contribution in [2.75, 3.05) is 19.8 Å². The zero-order valence-corrected chi connectivity index (χ0v) is 17.7. The third-order valence-corrected chi connectivity index (χ3v) is 5.75. The maximum absolute atomic E-state index is 14.8. The molecule has 0 spiro atoms. The van der Waals surface area contributed by atoms with Crippen molar-refractivity contribution in [2.45, 2.75) is 31.3 Å². The van der Waals surface area contributed by atoms with Crippen LogP contribution in [0.25, 0.3) is 17.0 Å². The van der Waals surface area contributed by atoms with Gasteiger partial charge in [-0.15, -0.1) is 0 Å². The minimum absolute atomic E-state index is 0.101. The van der Waals surface area contributed by atoms with Crippen LogP contribution in [-0.2, 0) is 11.2 Å². The third kappa shape index (κ3) is 5.18. The number of hydrogen-bond donors (Lipinski definition) is 2. The average molecular weight is 441 g/mol. The summed E-state index contributed by atoms with van der Waals surface area (Å²) in [4.78, 5) is 4.23. The number of nitrogens with one attached hydrogen (secondary N) is 1. The lowest BCUT2D eigenvalue weighted by Gasteiger charge is -2.22. The van der Waals surface area contributed by atoms with Gasteiger partial charge in [0.2, 0.25) is 0 Å². The van der Waals surface area contributed by atoms with E-state index in [-0.39, 0.29) is 23.6 Å². The first-order valence-corrected chi connectivity index (χ1v) is 10.8. The molecule has 7 heteroatoms. The molecule has 0 bridgehead atoms. The van der Waals surface area contributed by atoms with Crippen LogP contribution in [0.2, 0.25) is 0 Å². The molecule has 1 saturated heterocycles. The maximum Gasteiger partial charge on any atom is 0.130 e. The summed E-state index contributed by atoms with van der Waals surface area (Å²) in [5.74, 6) is -1.51. The predicted molar refractivity (Wildman–Crippen MR) is 120 cm³/mol. The number of aromatic nitrogens is 1. The zero-order valence-electron chi connectivity index (χ0n) is 17.7. The second-order valence-corrected chi connectivity index (χ2v) is 8.02. The Hall–Kier alpha value is -2.74. The van der Waals surface area contributed by atoms with E-state index in [2.05, 4.69) is 10.3 Å². The SMILES string of the molecule is N[C@@H](Cc1ccnc2ccc(F)cc12)c1c(F)ccc(F)c1/C=C/CN[C@@H]1CCCOC1. The minimum Gasteiger partial charge on any atom is -0.380 e. The van der Waals surface area contributed by atoms with Gasteiger partial charge in [0.25, 0.3) is 0 Å². The van der Waals surface area contributed by atoms with E-state index >= 15 is 0 Å². The molecule has 1 aromatic heterocycles. The van der Waals surface area contributed by atoms with Gasteiger partial charge in [-0.1, -0.05) is 12.2 Å². The van der Waals surface area contributed by atoms with Crippen LogP contribution in [-0.4, -0.2) is 30.8 Å². The molecule has 2 heterocycles. The summed E-state index contributed by atoms with van der Waals surface area (Å²) in [5.41, 5.74) is 7.93. The summed E-state index contributed by atoms with van der Waals surface area (Å²) in [5, 5.41) is 3.95. The fraction of sp³-hybridized carbons (Fsp3) is 0.320. The van der Waals surface area contributed by atoms with E-state index in [1.165, 1.54) is 12.1 Å². The average Bonchev–Trinajstić information content (AvgIpc) is 2.80. The number of rotatable bonds is 7. The van der Waals surface area contributed by atoms with E-state index in [0.29, 0.717) is 24.1 Å². The number of halogens is 3. The Balaban J connectivity index is 1.56. The van der Waals surface area contributed by atoms with Crippen molar-refractivity contribution in [1.29, 1.82) is 0 Å². The molecule has 4 nitrogen and oxygen atoms in total. The van der Waals surface area contributed by atoms with Gasteiger partial charge in [-0.25, -0.2) is 13.2 Å². The van der Waals surface area contributed by atoms with E-state index in [9.17, 15) is 13.2 Å². The predicted octanol–water partition coefficient (Wildman–Crippen LogP) is 4.68. The Morgan fingerprint density at radius 3 is 2.81 bits per heavy atom.